The first kappa shape index (κ1) is 14.3. The van der Waals surface area contributed by atoms with Gasteiger partial charge in [0.1, 0.15) is 5.82 Å². The van der Waals surface area contributed by atoms with Gasteiger partial charge in [-0.1, -0.05) is 30.3 Å². The molecule has 1 aromatic heterocycles. The number of nitrogens with zero attached hydrogens (tertiary/aromatic N) is 1. The Kier molecular flexibility index (Phi) is 5.83. The van der Waals surface area contributed by atoms with Crippen LogP contribution in [-0.4, -0.2) is 22.4 Å². The van der Waals surface area contributed by atoms with E-state index in [2.05, 4.69) is 27.4 Å². The molecule has 0 unspecified atom stereocenters. The molecule has 4 heteroatoms. The molecule has 20 heavy (non-hydrogen) atoms. The van der Waals surface area contributed by atoms with E-state index in [0.29, 0.717) is 13.0 Å². The Balaban J connectivity index is 1.52. The summed E-state index contributed by atoms with van der Waals surface area (Å²) in [5.41, 5.74) is 1.29. The predicted octanol–water partition coefficient (Wildman–Crippen LogP) is 2.48. The number of imidazole rings is 1. The van der Waals surface area contributed by atoms with Gasteiger partial charge in [0.15, 0.2) is 0 Å². The lowest BCUT2D eigenvalue weighted by molar-refractivity contribution is -0.121. The minimum absolute atomic E-state index is 0.139. The molecule has 2 aromatic rings. The predicted molar refractivity (Wildman–Crippen MR) is 79.3 cm³/mol. The Morgan fingerprint density at radius 1 is 1.15 bits per heavy atom. The molecule has 0 aliphatic heterocycles. The van der Waals surface area contributed by atoms with Crippen LogP contribution in [-0.2, 0) is 17.6 Å². The molecular weight excluding hydrogens is 250 g/mol. The van der Waals surface area contributed by atoms with Crippen LogP contribution in [0.4, 0.5) is 0 Å². The number of carbonyl (C=O) groups is 1. The molecule has 0 aliphatic rings. The molecule has 4 nitrogen and oxygen atoms in total. The van der Waals surface area contributed by atoms with Crippen LogP contribution in [0, 0.1) is 0 Å². The number of H-pyrrole nitrogens is 1. The van der Waals surface area contributed by atoms with Gasteiger partial charge >= 0.3 is 0 Å². The number of aromatic nitrogens is 2. The van der Waals surface area contributed by atoms with E-state index in [-0.39, 0.29) is 5.91 Å². The maximum Gasteiger partial charge on any atom is 0.220 e. The molecule has 0 atom stereocenters. The summed E-state index contributed by atoms with van der Waals surface area (Å²) in [6.45, 7) is 0.713. The third-order valence-corrected chi connectivity index (χ3v) is 3.18. The van der Waals surface area contributed by atoms with E-state index in [0.717, 1.165) is 31.5 Å². The summed E-state index contributed by atoms with van der Waals surface area (Å²) in [6, 6.07) is 10.3. The van der Waals surface area contributed by atoms with E-state index < -0.39 is 0 Å². The van der Waals surface area contributed by atoms with Crippen LogP contribution < -0.4 is 5.32 Å². The number of amides is 1. The minimum Gasteiger partial charge on any atom is -0.356 e. The van der Waals surface area contributed by atoms with Crippen molar-refractivity contribution >= 4 is 5.91 Å². The SMILES string of the molecule is O=C(CCCc1ccccc1)NCCCc1ncc[nH]1. The Bertz CT molecular complexity index is 494. The first-order valence-electron chi connectivity index (χ1n) is 7.13. The minimum atomic E-state index is 0.139. The molecule has 0 bridgehead atoms. The number of carbonyl (C=O) groups excluding carboxylic acids is 1. The van der Waals surface area contributed by atoms with Crippen LogP contribution in [0.5, 0.6) is 0 Å². The molecule has 106 valence electrons. The number of aryl methyl sites for hydroxylation is 2. The van der Waals surface area contributed by atoms with Gasteiger partial charge in [-0.3, -0.25) is 4.79 Å². The fourth-order valence-corrected chi connectivity index (χ4v) is 2.10. The molecule has 0 spiro atoms. The van der Waals surface area contributed by atoms with Crippen molar-refractivity contribution in [3.8, 4) is 0 Å². The zero-order chi connectivity index (χ0) is 14.0. The number of aromatic amines is 1. The summed E-state index contributed by atoms with van der Waals surface area (Å²) >= 11 is 0. The van der Waals surface area contributed by atoms with E-state index in [1.54, 1.807) is 6.20 Å². The van der Waals surface area contributed by atoms with Gasteiger partial charge in [0.2, 0.25) is 5.91 Å². The highest BCUT2D eigenvalue weighted by atomic mass is 16.1. The fourth-order valence-electron chi connectivity index (χ4n) is 2.10. The second-order valence-corrected chi connectivity index (χ2v) is 4.83. The summed E-state index contributed by atoms with van der Waals surface area (Å²) in [5, 5.41) is 2.95. The van der Waals surface area contributed by atoms with Crippen molar-refractivity contribution in [2.75, 3.05) is 6.54 Å². The summed E-state index contributed by atoms with van der Waals surface area (Å²) < 4.78 is 0. The Morgan fingerprint density at radius 2 is 2.00 bits per heavy atom. The van der Waals surface area contributed by atoms with Crippen LogP contribution in [0.3, 0.4) is 0 Å². The van der Waals surface area contributed by atoms with Gasteiger partial charge < -0.3 is 10.3 Å². The van der Waals surface area contributed by atoms with Crippen LogP contribution in [0.25, 0.3) is 0 Å². The van der Waals surface area contributed by atoms with E-state index >= 15 is 0 Å². The number of benzene rings is 1. The highest BCUT2D eigenvalue weighted by Gasteiger charge is 2.01. The molecule has 1 aromatic carbocycles. The third-order valence-electron chi connectivity index (χ3n) is 3.18. The number of hydrogen-bond acceptors (Lipinski definition) is 2. The molecular formula is C16H21N3O. The molecule has 0 fully saturated rings. The topological polar surface area (TPSA) is 57.8 Å². The lowest BCUT2D eigenvalue weighted by Gasteiger charge is -2.04. The van der Waals surface area contributed by atoms with E-state index in [9.17, 15) is 4.79 Å². The van der Waals surface area contributed by atoms with Crippen molar-refractivity contribution in [2.45, 2.75) is 32.1 Å². The third kappa shape index (κ3) is 5.26. The van der Waals surface area contributed by atoms with Crippen molar-refractivity contribution in [2.24, 2.45) is 0 Å². The van der Waals surface area contributed by atoms with Gasteiger partial charge in [-0.25, -0.2) is 4.98 Å². The van der Waals surface area contributed by atoms with Gasteiger partial charge in [-0.05, 0) is 24.8 Å². The highest BCUT2D eigenvalue weighted by molar-refractivity contribution is 5.75. The number of hydrogen-bond donors (Lipinski definition) is 2. The smallest absolute Gasteiger partial charge is 0.220 e. The summed E-state index contributed by atoms with van der Waals surface area (Å²) in [7, 11) is 0. The van der Waals surface area contributed by atoms with Crippen molar-refractivity contribution in [3.63, 3.8) is 0 Å². The molecule has 0 radical (unpaired) electrons. The van der Waals surface area contributed by atoms with Crippen LogP contribution >= 0.6 is 0 Å². The van der Waals surface area contributed by atoms with Gasteiger partial charge in [0.05, 0.1) is 0 Å². The number of rotatable bonds is 8. The maximum atomic E-state index is 11.7. The quantitative estimate of drug-likeness (QED) is 0.725. The molecule has 2 N–H and O–H groups in total. The van der Waals surface area contributed by atoms with Crippen LogP contribution in [0.15, 0.2) is 42.7 Å². The lowest BCUT2D eigenvalue weighted by atomic mass is 10.1. The van der Waals surface area contributed by atoms with Crippen molar-refractivity contribution < 1.29 is 4.79 Å². The zero-order valence-corrected chi connectivity index (χ0v) is 11.6. The second-order valence-electron chi connectivity index (χ2n) is 4.83. The Hall–Kier alpha value is -2.10. The molecule has 1 heterocycles. The monoisotopic (exact) mass is 271 g/mol. The van der Waals surface area contributed by atoms with Crippen molar-refractivity contribution in [3.05, 3.63) is 54.1 Å². The van der Waals surface area contributed by atoms with Crippen molar-refractivity contribution in [1.82, 2.24) is 15.3 Å². The first-order valence-corrected chi connectivity index (χ1v) is 7.13. The fraction of sp³-hybridized carbons (Fsp3) is 0.375. The number of nitrogens with one attached hydrogen (secondary N) is 2. The van der Waals surface area contributed by atoms with Gasteiger partial charge in [-0.15, -0.1) is 0 Å². The van der Waals surface area contributed by atoms with Crippen LogP contribution in [0.2, 0.25) is 0 Å². The largest absolute Gasteiger partial charge is 0.356 e. The molecule has 0 saturated carbocycles. The molecule has 0 saturated heterocycles. The summed E-state index contributed by atoms with van der Waals surface area (Å²) in [5.74, 6) is 1.11. The van der Waals surface area contributed by atoms with Crippen LogP contribution in [0.1, 0.15) is 30.7 Å². The maximum absolute atomic E-state index is 11.7. The van der Waals surface area contributed by atoms with E-state index in [1.165, 1.54) is 5.56 Å². The Labute approximate surface area is 119 Å². The molecule has 1 amide bonds. The van der Waals surface area contributed by atoms with Crippen molar-refractivity contribution in [1.29, 1.82) is 0 Å². The average molecular weight is 271 g/mol. The first-order chi connectivity index (χ1) is 9.84. The molecule has 2 rings (SSSR count). The highest BCUT2D eigenvalue weighted by Crippen LogP contribution is 2.04. The van der Waals surface area contributed by atoms with Gasteiger partial charge in [0, 0.05) is 31.8 Å². The van der Waals surface area contributed by atoms with Gasteiger partial charge in [-0.2, -0.15) is 0 Å². The lowest BCUT2D eigenvalue weighted by Crippen LogP contribution is -2.24. The van der Waals surface area contributed by atoms with E-state index in [4.69, 9.17) is 0 Å². The second kappa shape index (κ2) is 8.15. The normalized spacial score (nSPS) is 10.4. The standard InChI is InChI=1S/C16H21N3O/c20-16(10-4-8-14-6-2-1-3-7-14)19-11-5-9-15-17-12-13-18-15/h1-3,6-7,12-13H,4-5,8-11H2,(H,17,18)(H,19,20). The molecule has 0 aliphatic carbocycles. The summed E-state index contributed by atoms with van der Waals surface area (Å²) in [6.07, 6.45) is 7.80. The van der Waals surface area contributed by atoms with E-state index in [1.807, 2.05) is 24.4 Å². The van der Waals surface area contributed by atoms with Gasteiger partial charge in [0.25, 0.3) is 0 Å². The zero-order valence-electron chi connectivity index (χ0n) is 11.6. The Morgan fingerprint density at radius 3 is 2.75 bits per heavy atom. The summed E-state index contributed by atoms with van der Waals surface area (Å²) in [4.78, 5) is 18.9. The average Bonchev–Trinajstić information content (AvgIpc) is 2.98.